The number of hydrogen-bond acceptors (Lipinski definition) is 3. The fraction of sp³-hybridized carbons (Fsp3) is 0.333. The molecule has 2 aromatic carbocycles. The van der Waals surface area contributed by atoms with E-state index >= 15 is 0 Å². The van der Waals surface area contributed by atoms with Crippen LogP contribution in [0.2, 0.25) is 0 Å². The zero-order chi connectivity index (χ0) is 19.9. The molecule has 29 heavy (non-hydrogen) atoms. The van der Waals surface area contributed by atoms with E-state index < -0.39 is 6.10 Å². The van der Waals surface area contributed by atoms with E-state index in [9.17, 15) is 14.3 Å². The van der Waals surface area contributed by atoms with Crippen molar-refractivity contribution >= 4 is 41.5 Å². The van der Waals surface area contributed by atoms with E-state index in [4.69, 9.17) is 0 Å². The van der Waals surface area contributed by atoms with Crippen LogP contribution in [0.3, 0.4) is 0 Å². The number of nitrogens with zero attached hydrogens (tertiary/aromatic N) is 2. The quantitative estimate of drug-likeness (QED) is 0.316. The van der Waals surface area contributed by atoms with Crippen LogP contribution in [0.5, 0.6) is 0 Å². The van der Waals surface area contributed by atoms with E-state index in [1.54, 1.807) is 17.0 Å². The summed E-state index contributed by atoms with van der Waals surface area (Å²) in [5.74, 6) is 0.255. The van der Waals surface area contributed by atoms with E-state index in [2.05, 4.69) is 15.6 Å². The molecule has 1 amide bonds. The third-order valence-electron chi connectivity index (χ3n) is 4.56. The summed E-state index contributed by atoms with van der Waals surface area (Å²) in [7, 11) is 0. The average molecular weight is 512 g/mol. The number of carbonyl (C=O) groups excluding carboxylic acids is 1. The van der Waals surface area contributed by atoms with Gasteiger partial charge in [-0.3, -0.25) is 9.79 Å². The van der Waals surface area contributed by atoms with Crippen LogP contribution in [0.1, 0.15) is 25.0 Å². The Bertz CT molecular complexity index is 817. The Morgan fingerprint density at radius 1 is 1.24 bits per heavy atom. The first-order valence-corrected chi connectivity index (χ1v) is 9.40. The normalized spacial score (nSPS) is 17.6. The molecule has 6 nitrogen and oxygen atoms in total. The lowest BCUT2D eigenvalue weighted by atomic mass is 10.1. The van der Waals surface area contributed by atoms with Crippen molar-refractivity contribution in [2.45, 2.75) is 25.5 Å². The van der Waals surface area contributed by atoms with Gasteiger partial charge in [-0.05, 0) is 36.8 Å². The number of nitrogens with one attached hydrogen (secondary N) is 2. The van der Waals surface area contributed by atoms with Gasteiger partial charge in [0.1, 0.15) is 5.82 Å². The maximum atomic E-state index is 13.0. The highest BCUT2D eigenvalue weighted by atomic mass is 127. The average Bonchev–Trinajstić information content (AvgIpc) is 3.07. The zero-order valence-corrected chi connectivity index (χ0v) is 18.5. The second-order valence-corrected chi connectivity index (χ2v) is 6.67. The third-order valence-corrected chi connectivity index (χ3v) is 4.56. The highest BCUT2D eigenvalue weighted by molar-refractivity contribution is 14.0. The van der Waals surface area contributed by atoms with Crippen molar-refractivity contribution in [1.82, 2.24) is 10.6 Å². The van der Waals surface area contributed by atoms with Crippen molar-refractivity contribution in [3.8, 4) is 0 Å². The van der Waals surface area contributed by atoms with Gasteiger partial charge in [-0.15, -0.1) is 24.0 Å². The summed E-state index contributed by atoms with van der Waals surface area (Å²) < 4.78 is 13.0. The fourth-order valence-electron chi connectivity index (χ4n) is 3.14. The second-order valence-electron chi connectivity index (χ2n) is 6.67. The number of rotatable bonds is 6. The predicted octanol–water partition coefficient (Wildman–Crippen LogP) is 2.84. The van der Waals surface area contributed by atoms with Crippen LogP contribution in [0.25, 0.3) is 0 Å². The Morgan fingerprint density at radius 2 is 1.93 bits per heavy atom. The van der Waals surface area contributed by atoms with E-state index in [0.717, 1.165) is 5.69 Å². The molecule has 8 heteroatoms. The van der Waals surface area contributed by atoms with Gasteiger partial charge in [-0.1, -0.05) is 30.3 Å². The monoisotopic (exact) mass is 512 g/mol. The molecule has 1 aliphatic rings. The molecule has 0 aliphatic carbocycles. The standard InChI is InChI=1S/C21H25FN4O2.HI/c1-2-23-21(24-13-19(27)15-8-10-16(22)11-9-15)25-17-12-20(28)26(14-17)18-6-4-3-5-7-18;/h3-11,17,19,27H,2,12-14H2,1H3,(H2,23,24,25);1H. The first-order chi connectivity index (χ1) is 13.6. The van der Waals surface area contributed by atoms with Crippen molar-refractivity contribution in [2.24, 2.45) is 4.99 Å². The molecule has 1 aliphatic heterocycles. The van der Waals surface area contributed by atoms with E-state index in [0.29, 0.717) is 31.0 Å². The lowest BCUT2D eigenvalue weighted by molar-refractivity contribution is -0.117. The molecule has 1 heterocycles. The minimum Gasteiger partial charge on any atom is -0.386 e. The van der Waals surface area contributed by atoms with Crippen LogP contribution in [0.15, 0.2) is 59.6 Å². The minimum atomic E-state index is -0.831. The Morgan fingerprint density at radius 3 is 2.59 bits per heavy atom. The van der Waals surface area contributed by atoms with Crippen molar-refractivity contribution < 1.29 is 14.3 Å². The van der Waals surface area contributed by atoms with Crippen LogP contribution in [0.4, 0.5) is 10.1 Å². The van der Waals surface area contributed by atoms with Gasteiger partial charge in [0, 0.05) is 25.2 Å². The molecular weight excluding hydrogens is 486 g/mol. The maximum absolute atomic E-state index is 13.0. The molecule has 3 rings (SSSR count). The van der Waals surface area contributed by atoms with Crippen LogP contribution in [0, 0.1) is 5.82 Å². The Balaban J connectivity index is 0.00000300. The summed E-state index contributed by atoms with van der Waals surface area (Å²) in [4.78, 5) is 18.5. The van der Waals surface area contributed by atoms with Gasteiger partial charge >= 0.3 is 0 Å². The largest absolute Gasteiger partial charge is 0.386 e. The summed E-state index contributed by atoms with van der Waals surface area (Å²) in [6.07, 6.45) is -0.457. The molecule has 156 valence electrons. The number of carbonyl (C=O) groups is 1. The lowest BCUT2D eigenvalue weighted by Gasteiger charge is -2.19. The fourth-order valence-corrected chi connectivity index (χ4v) is 3.14. The molecule has 0 aromatic heterocycles. The number of amides is 1. The van der Waals surface area contributed by atoms with Crippen molar-refractivity contribution in [2.75, 3.05) is 24.5 Å². The number of aliphatic imine (C=N–C) groups is 1. The number of guanidine groups is 1. The number of anilines is 1. The Kier molecular flexibility index (Phi) is 8.84. The molecular formula is C21H26FIN4O2. The third kappa shape index (κ3) is 6.40. The van der Waals surface area contributed by atoms with Crippen LogP contribution >= 0.6 is 24.0 Å². The highest BCUT2D eigenvalue weighted by Crippen LogP contribution is 2.21. The zero-order valence-electron chi connectivity index (χ0n) is 16.2. The number of aliphatic hydroxyl groups is 1. The molecule has 1 saturated heterocycles. The lowest BCUT2D eigenvalue weighted by Crippen LogP contribution is -2.44. The minimum absolute atomic E-state index is 0. The number of benzene rings is 2. The van der Waals surface area contributed by atoms with E-state index in [1.165, 1.54) is 12.1 Å². The first kappa shape index (κ1) is 23.1. The van der Waals surface area contributed by atoms with Gasteiger partial charge in [-0.25, -0.2) is 4.39 Å². The highest BCUT2D eigenvalue weighted by Gasteiger charge is 2.31. The van der Waals surface area contributed by atoms with Gasteiger partial charge in [0.25, 0.3) is 0 Å². The smallest absolute Gasteiger partial charge is 0.229 e. The molecule has 2 atom stereocenters. The maximum Gasteiger partial charge on any atom is 0.229 e. The molecule has 3 N–H and O–H groups in total. The summed E-state index contributed by atoms with van der Waals surface area (Å²) >= 11 is 0. The van der Waals surface area contributed by atoms with Gasteiger partial charge in [0.15, 0.2) is 5.96 Å². The molecule has 0 saturated carbocycles. The van der Waals surface area contributed by atoms with Gasteiger partial charge in [0.2, 0.25) is 5.91 Å². The second kappa shape index (κ2) is 11.1. The summed E-state index contributed by atoms with van der Waals surface area (Å²) in [5, 5.41) is 16.7. The molecule has 2 unspecified atom stereocenters. The van der Waals surface area contributed by atoms with Gasteiger partial charge < -0.3 is 20.6 Å². The number of para-hydroxylation sites is 1. The summed E-state index contributed by atoms with van der Waals surface area (Å²) in [6, 6.07) is 15.2. The van der Waals surface area contributed by atoms with Crippen molar-refractivity contribution in [1.29, 1.82) is 0 Å². The van der Waals surface area contributed by atoms with Gasteiger partial charge in [0.05, 0.1) is 18.7 Å². The van der Waals surface area contributed by atoms with E-state index in [1.807, 2.05) is 37.3 Å². The topological polar surface area (TPSA) is 77.0 Å². The van der Waals surface area contributed by atoms with Crippen LogP contribution in [-0.4, -0.2) is 42.6 Å². The van der Waals surface area contributed by atoms with Crippen molar-refractivity contribution in [3.63, 3.8) is 0 Å². The summed E-state index contributed by atoms with van der Waals surface area (Å²) in [6.45, 7) is 3.28. The molecule has 2 aromatic rings. The number of aliphatic hydroxyl groups excluding tert-OH is 1. The predicted molar refractivity (Wildman–Crippen MR) is 123 cm³/mol. The number of hydrogen-bond donors (Lipinski definition) is 3. The molecule has 0 bridgehead atoms. The van der Waals surface area contributed by atoms with E-state index in [-0.39, 0.29) is 48.3 Å². The van der Waals surface area contributed by atoms with Gasteiger partial charge in [-0.2, -0.15) is 0 Å². The SMILES string of the molecule is CCNC(=NCC(O)c1ccc(F)cc1)NC1CC(=O)N(c2ccccc2)C1.I. The first-order valence-electron chi connectivity index (χ1n) is 9.40. The molecule has 0 spiro atoms. The Hall–Kier alpha value is -2.20. The number of halogens is 2. The van der Waals surface area contributed by atoms with Crippen LogP contribution < -0.4 is 15.5 Å². The summed E-state index contributed by atoms with van der Waals surface area (Å²) in [5.41, 5.74) is 1.48. The Labute approximate surface area is 187 Å². The molecule has 0 radical (unpaired) electrons. The van der Waals surface area contributed by atoms with Crippen LogP contribution in [-0.2, 0) is 4.79 Å². The molecule has 1 fully saturated rings. The van der Waals surface area contributed by atoms with Crippen molar-refractivity contribution in [3.05, 3.63) is 66.0 Å².